The largest absolute Gasteiger partial charge is 0.388 e. The van der Waals surface area contributed by atoms with Gasteiger partial charge in [0.05, 0.1) is 6.10 Å². The average molecular weight is 259 g/mol. The summed E-state index contributed by atoms with van der Waals surface area (Å²) in [6.45, 7) is 0. The zero-order valence-corrected chi connectivity index (χ0v) is 11.2. The Morgan fingerprint density at radius 1 is 1.32 bits per heavy atom. The van der Waals surface area contributed by atoms with E-state index in [2.05, 4.69) is 17.4 Å². The Kier molecular flexibility index (Phi) is 3.56. The third-order valence-electron chi connectivity index (χ3n) is 4.09. The molecule has 1 aromatic carbocycles. The molecular weight excluding hydrogens is 238 g/mol. The molecule has 0 bridgehead atoms. The van der Waals surface area contributed by atoms with Crippen LogP contribution in [0, 0.1) is 0 Å². The van der Waals surface area contributed by atoms with Crippen molar-refractivity contribution in [2.75, 3.05) is 0 Å². The summed E-state index contributed by atoms with van der Waals surface area (Å²) in [6, 6.07) is 6.66. The highest BCUT2D eigenvalue weighted by atomic mass is 16.3. The van der Waals surface area contributed by atoms with Gasteiger partial charge in [0.1, 0.15) is 0 Å². The first-order valence-electron chi connectivity index (χ1n) is 7.31. The van der Waals surface area contributed by atoms with Crippen LogP contribution in [0.3, 0.4) is 0 Å². The molecule has 2 N–H and O–H groups in total. The van der Waals surface area contributed by atoms with E-state index in [4.69, 9.17) is 0 Å². The van der Waals surface area contributed by atoms with Crippen molar-refractivity contribution in [3.05, 3.63) is 34.9 Å². The maximum atomic E-state index is 11.6. The van der Waals surface area contributed by atoms with E-state index in [0.717, 1.165) is 31.2 Å². The molecule has 1 fully saturated rings. The molecule has 2 aliphatic rings. The monoisotopic (exact) mass is 259 g/mol. The van der Waals surface area contributed by atoms with Crippen LogP contribution in [0.5, 0.6) is 0 Å². The first-order valence-corrected chi connectivity index (χ1v) is 7.31. The van der Waals surface area contributed by atoms with Crippen molar-refractivity contribution < 1.29 is 9.90 Å². The maximum Gasteiger partial charge on any atom is 0.220 e. The molecule has 0 aliphatic heterocycles. The summed E-state index contributed by atoms with van der Waals surface area (Å²) in [4.78, 5) is 11.6. The van der Waals surface area contributed by atoms with Gasteiger partial charge in [0, 0.05) is 12.5 Å². The van der Waals surface area contributed by atoms with Gasteiger partial charge in [-0.15, -0.1) is 0 Å². The van der Waals surface area contributed by atoms with E-state index in [-0.39, 0.29) is 5.91 Å². The second-order valence-corrected chi connectivity index (χ2v) is 5.78. The summed E-state index contributed by atoms with van der Waals surface area (Å²) in [7, 11) is 0. The van der Waals surface area contributed by atoms with Gasteiger partial charge in [0.25, 0.3) is 0 Å². The average Bonchev–Trinajstić information content (AvgIpc) is 3.09. The molecule has 1 amide bonds. The molecule has 0 spiro atoms. The fraction of sp³-hybridized carbons (Fsp3) is 0.562. The standard InChI is InChI=1S/C16H21NO2/c18-15(8-9-16(19)17-14-6-7-14)13-5-4-11-2-1-3-12(11)10-13/h4-5,10,14-15,18H,1-3,6-9H2,(H,17,19). The third-order valence-corrected chi connectivity index (χ3v) is 4.09. The predicted octanol–water partition coefficient (Wildman–Crippen LogP) is 2.27. The van der Waals surface area contributed by atoms with Crippen LogP contribution >= 0.6 is 0 Å². The fourth-order valence-electron chi connectivity index (χ4n) is 2.76. The van der Waals surface area contributed by atoms with Gasteiger partial charge in [-0.05, 0) is 55.2 Å². The van der Waals surface area contributed by atoms with Crippen LogP contribution in [0.1, 0.15) is 54.9 Å². The fourth-order valence-corrected chi connectivity index (χ4v) is 2.76. The van der Waals surface area contributed by atoms with Crippen LogP contribution in [0.4, 0.5) is 0 Å². The lowest BCUT2D eigenvalue weighted by molar-refractivity contribution is -0.121. The predicted molar refractivity (Wildman–Crippen MR) is 73.8 cm³/mol. The summed E-state index contributed by atoms with van der Waals surface area (Å²) in [5, 5.41) is 13.1. The summed E-state index contributed by atoms with van der Waals surface area (Å²) in [5.41, 5.74) is 3.75. The molecule has 3 nitrogen and oxygen atoms in total. The smallest absolute Gasteiger partial charge is 0.220 e. The molecule has 0 saturated heterocycles. The zero-order chi connectivity index (χ0) is 13.2. The number of carbonyl (C=O) groups excluding carboxylic acids is 1. The SMILES string of the molecule is O=C(CCC(O)c1ccc2c(c1)CCC2)NC1CC1. The van der Waals surface area contributed by atoms with Crippen LogP contribution in [0.15, 0.2) is 18.2 Å². The van der Waals surface area contributed by atoms with E-state index in [1.165, 1.54) is 17.5 Å². The zero-order valence-electron chi connectivity index (χ0n) is 11.2. The molecule has 1 saturated carbocycles. The van der Waals surface area contributed by atoms with E-state index in [0.29, 0.717) is 18.9 Å². The number of fused-ring (bicyclic) bond motifs is 1. The molecule has 0 radical (unpaired) electrons. The molecule has 2 aliphatic carbocycles. The van der Waals surface area contributed by atoms with Crippen molar-refractivity contribution in [3.63, 3.8) is 0 Å². The van der Waals surface area contributed by atoms with Crippen molar-refractivity contribution in [1.29, 1.82) is 0 Å². The number of aliphatic hydroxyl groups excluding tert-OH is 1. The van der Waals surface area contributed by atoms with Crippen LogP contribution in [-0.4, -0.2) is 17.1 Å². The van der Waals surface area contributed by atoms with E-state index in [1.807, 2.05) is 6.07 Å². The van der Waals surface area contributed by atoms with Gasteiger partial charge in [-0.2, -0.15) is 0 Å². The molecule has 0 aromatic heterocycles. The molecule has 0 heterocycles. The quantitative estimate of drug-likeness (QED) is 0.852. The Morgan fingerprint density at radius 3 is 2.89 bits per heavy atom. The molecule has 1 unspecified atom stereocenters. The van der Waals surface area contributed by atoms with Crippen molar-refractivity contribution in [3.8, 4) is 0 Å². The topological polar surface area (TPSA) is 49.3 Å². The van der Waals surface area contributed by atoms with Gasteiger partial charge in [-0.25, -0.2) is 0 Å². The number of carbonyl (C=O) groups is 1. The van der Waals surface area contributed by atoms with Crippen LogP contribution < -0.4 is 5.32 Å². The highest BCUT2D eigenvalue weighted by molar-refractivity contribution is 5.76. The van der Waals surface area contributed by atoms with Gasteiger partial charge in [-0.1, -0.05) is 18.2 Å². The Balaban J connectivity index is 1.54. The molecule has 102 valence electrons. The van der Waals surface area contributed by atoms with E-state index >= 15 is 0 Å². The van der Waals surface area contributed by atoms with E-state index in [9.17, 15) is 9.90 Å². The normalized spacial score (nSPS) is 19.0. The molecule has 1 aromatic rings. The maximum absolute atomic E-state index is 11.6. The molecule has 1 atom stereocenters. The van der Waals surface area contributed by atoms with E-state index < -0.39 is 6.10 Å². The van der Waals surface area contributed by atoms with Gasteiger partial charge in [-0.3, -0.25) is 4.79 Å². The number of nitrogens with one attached hydrogen (secondary N) is 1. The second-order valence-electron chi connectivity index (χ2n) is 5.78. The lowest BCUT2D eigenvalue weighted by Crippen LogP contribution is -2.25. The Bertz CT molecular complexity index is 480. The second kappa shape index (κ2) is 5.33. The number of rotatable bonds is 5. The van der Waals surface area contributed by atoms with Crippen molar-refractivity contribution in [1.82, 2.24) is 5.32 Å². The van der Waals surface area contributed by atoms with Gasteiger partial charge >= 0.3 is 0 Å². The summed E-state index contributed by atoms with van der Waals surface area (Å²) >= 11 is 0. The lowest BCUT2D eigenvalue weighted by Gasteiger charge is -2.12. The molecule has 3 rings (SSSR count). The summed E-state index contributed by atoms with van der Waals surface area (Å²) < 4.78 is 0. The number of hydrogen-bond donors (Lipinski definition) is 2. The number of hydrogen-bond acceptors (Lipinski definition) is 2. The van der Waals surface area contributed by atoms with E-state index in [1.54, 1.807) is 0 Å². The number of benzene rings is 1. The summed E-state index contributed by atoms with van der Waals surface area (Å²) in [5.74, 6) is 0.0720. The van der Waals surface area contributed by atoms with Crippen molar-refractivity contribution >= 4 is 5.91 Å². The van der Waals surface area contributed by atoms with Crippen LogP contribution in [0.2, 0.25) is 0 Å². The first kappa shape index (κ1) is 12.7. The van der Waals surface area contributed by atoms with Gasteiger partial charge in [0.2, 0.25) is 5.91 Å². The molecular formula is C16H21NO2. The number of amides is 1. The van der Waals surface area contributed by atoms with Crippen molar-refractivity contribution in [2.24, 2.45) is 0 Å². The highest BCUT2D eigenvalue weighted by Gasteiger charge is 2.23. The third kappa shape index (κ3) is 3.16. The molecule has 19 heavy (non-hydrogen) atoms. The first-order chi connectivity index (χ1) is 9.22. The number of aryl methyl sites for hydroxylation is 2. The van der Waals surface area contributed by atoms with Gasteiger partial charge in [0.15, 0.2) is 0 Å². The number of aliphatic hydroxyl groups is 1. The Hall–Kier alpha value is -1.35. The minimum atomic E-state index is -0.518. The van der Waals surface area contributed by atoms with Crippen LogP contribution in [0.25, 0.3) is 0 Å². The Labute approximate surface area is 114 Å². The Morgan fingerprint density at radius 2 is 2.11 bits per heavy atom. The lowest BCUT2D eigenvalue weighted by atomic mass is 10.00. The summed E-state index contributed by atoms with van der Waals surface area (Å²) in [6.07, 6.45) is 6.13. The van der Waals surface area contributed by atoms with Crippen molar-refractivity contribution in [2.45, 2.75) is 57.1 Å². The van der Waals surface area contributed by atoms with Crippen LogP contribution in [-0.2, 0) is 17.6 Å². The minimum absolute atomic E-state index is 0.0720. The van der Waals surface area contributed by atoms with Gasteiger partial charge < -0.3 is 10.4 Å². The molecule has 3 heteroatoms. The minimum Gasteiger partial charge on any atom is -0.388 e. The highest BCUT2D eigenvalue weighted by Crippen LogP contribution is 2.27.